The third kappa shape index (κ3) is 4.46. The van der Waals surface area contributed by atoms with Crippen molar-refractivity contribution < 1.29 is 9.53 Å². The van der Waals surface area contributed by atoms with Gasteiger partial charge in [-0.1, -0.05) is 28.8 Å². The smallest absolute Gasteiger partial charge is 0.328 e. The first kappa shape index (κ1) is 19.4. The summed E-state index contributed by atoms with van der Waals surface area (Å²) in [5.74, 6) is 0.360. The molecule has 3 aromatic rings. The molecule has 0 saturated heterocycles. The minimum atomic E-state index is -0.494. The molecule has 2 aromatic carbocycles. The number of carbonyl (C=O) groups is 1. The molecule has 1 heterocycles. The fourth-order valence-electron chi connectivity index (χ4n) is 3.08. The predicted octanol–water partition coefficient (Wildman–Crippen LogP) is 2.77. The van der Waals surface area contributed by atoms with Crippen LogP contribution < -0.4 is 16.0 Å². The summed E-state index contributed by atoms with van der Waals surface area (Å²) in [7, 11) is 0. The first-order chi connectivity index (χ1) is 13.3. The van der Waals surface area contributed by atoms with Crippen molar-refractivity contribution in [1.29, 1.82) is 0 Å². The second-order valence-electron chi connectivity index (χ2n) is 6.86. The molecule has 0 spiro atoms. The largest absolute Gasteiger partial charge is 0.491 e. The van der Waals surface area contributed by atoms with E-state index in [2.05, 4.69) is 4.98 Å². The first-order valence-electron chi connectivity index (χ1n) is 9.00. The summed E-state index contributed by atoms with van der Waals surface area (Å²) < 4.78 is 7.16. The number of nitrogens with one attached hydrogen (secondary N) is 1. The number of ketones is 1. The number of carbonyl (C=O) groups excluding carboxylic acids is 1. The highest BCUT2D eigenvalue weighted by Gasteiger charge is 2.16. The van der Waals surface area contributed by atoms with Crippen molar-refractivity contribution in [2.75, 3.05) is 6.61 Å². The van der Waals surface area contributed by atoms with Gasteiger partial charge in [0.15, 0.2) is 5.78 Å². The van der Waals surface area contributed by atoms with Gasteiger partial charge in [-0.15, -0.1) is 0 Å². The van der Waals surface area contributed by atoms with E-state index in [1.807, 2.05) is 51.1 Å². The summed E-state index contributed by atoms with van der Waals surface area (Å²) in [5, 5.41) is 0. The van der Waals surface area contributed by atoms with E-state index in [1.165, 1.54) is 16.8 Å². The van der Waals surface area contributed by atoms with Gasteiger partial charge in [0.2, 0.25) is 0 Å². The molecule has 1 aromatic heterocycles. The maximum absolute atomic E-state index is 13.1. The third-order valence-corrected chi connectivity index (χ3v) is 4.35. The molecule has 6 nitrogen and oxygen atoms in total. The van der Waals surface area contributed by atoms with Crippen LogP contribution in [0.1, 0.15) is 32.6 Å². The van der Waals surface area contributed by atoms with Crippen LogP contribution in [0.4, 0.5) is 0 Å². The molecule has 3 rings (SSSR count). The molecular weight excluding hydrogens is 356 g/mol. The standard InChI is InChI=1S/C22H22N2O4/c1-14-4-5-19(28-9-8-24-7-6-20(25)23-22(24)27)18(13-14)21(26)17-11-15(2)10-16(3)12-17/h4-7,10-13H,8-9H2,1-3H3,(H,23,25,27). The lowest BCUT2D eigenvalue weighted by Crippen LogP contribution is -2.30. The normalized spacial score (nSPS) is 10.7. The Hall–Kier alpha value is -3.41. The molecule has 28 heavy (non-hydrogen) atoms. The van der Waals surface area contributed by atoms with Crippen molar-refractivity contribution in [2.45, 2.75) is 27.3 Å². The maximum Gasteiger partial charge on any atom is 0.328 e. The number of nitrogens with zero attached hydrogens (tertiary/aromatic N) is 1. The van der Waals surface area contributed by atoms with E-state index < -0.39 is 11.2 Å². The molecule has 0 unspecified atom stereocenters. The van der Waals surface area contributed by atoms with Crippen molar-refractivity contribution >= 4 is 5.78 Å². The van der Waals surface area contributed by atoms with E-state index in [4.69, 9.17) is 4.74 Å². The van der Waals surface area contributed by atoms with Crippen molar-refractivity contribution in [2.24, 2.45) is 0 Å². The Bertz CT molecular complexity index is 1120. The topological polar surface area (TPSA) is 81.2 Å². The number of aromatic amines is 1. The van der Waals surface area contributed by atoms with Crippen molar-refractivity contribution in [3.63, 3.8) is 0 Å². The van der Waals surface area contributed by atoms with Gasteiger partial charge < -0.3 is 4.74 Å². The fraction of sp³-hybridized carbons (Fsp3) is 0.227. The monoisotopic (exact) mass is 378 g/mol. The molecular formula is C22H22N2O4. The number of hydrogen-bond acceptors (Lipinski definition) is 4. The number of benzene rings is 2. The SMILES string of the molecule is Cc1cc(C)cc(C(=O)c2cc(C)ccc2OCCn2ccc(=O)[nH]c2=O)c1. The van der Waals surface area contributed by atoms with Crippen LogP contribution >= 0.6 is 0 Å². The Morgan fingerprint density at radius 1 is 0.964 bits per heavy atom. The number of H-pyrrole nitrogens is 1. The Balaban J connectivity index is 1.83. The van der Waals surface area contributed by atoms with Gasteiger partial charge in [0.25, 0.3) is 5.56 Å². The summed E-state index contributed by atoms with van der Waals surface area (Å²) in [6.07, 6.45) is 1.42. The van der Waals surface area contributed by atoms with E-state index >= 15 is 0 Å². The molecule has 0 aliphatic rings. The van der Waals surface area contributed by atoms with Gasteiger partial charge in [-0.3, -0.25) is 19.1 Å². The van der Waals surface area contributed by atoms with Crippen molar-refractivity contribution in [3.8, 4) is 5.75 Å². The van der Waals surface area contributed by atoms with Crippen LogP contribution in [0.15, 0.2) is 58.3 Å². The van der Waals surface area contributed by atoms with Crippen LogP contribution in [0.3, 0.4) is 0 Å². The highest BCUT2D eigenvalue weighted by molar-refractivity contribution is 6.11. The molecule has 0 aliphatic heterocycles. The van der Waals surface area contributed by atoms with Crippen LogP contribution in [0.5, 0.6) is 5.75 Å². The van der Waals surface area contributed by atoms with E-state index in [9.17, 15) is 14.4 Å². The highest BCUT2D eigenvalue weighted by Crippen LogP contribution is 2.24. The Labute approximate surface area is 162 Å². The van der Waals surface area contributed by atoms with Crippen LogP contribution in [0, 0.1) is 20.8 Å². The summed E-state index contributed by atoms with van der Waals surface area (Å²) in [6.45, 7) is 6.27. The lowest BCUT2D eigenvalue weighted by Gasteiger charge is -2.13. The number of rotatable bonds is 6. The third-order valence-electron chi connectivity index (χ3n) is 4.35. The zero-order valence-corrected chi connectivity index (χ0v) is 16.1. The van der Waals surface area contributed by atoms with Crippen molar-refractivity contribution in [1.82, 2.24) is 9.55 Å². The van der Waals surface area contributed by atoms with E-state index in [1.54, 1.807) is 6.07 Å². The molecule has 0 atom stereocenters. The number of hydrogen-bond donors (Lipinski definition) is 1. The van der Waals surface area contributed by atoms with Gasteiger partial charge >= 0.3 is 5.69 Å². The molecule has 144 valence electrons. The van der Waals surface area contributed by atoms with Crippen LogP contribution in [-0.4, -0.2) is 21.9 Å². The average molecular weight is 378 g/mol. The Morgan fingerprint density at radius 3 is 2.36 bits per heavy atom. The molecule has 0 saturated carbocycles. The lowest BCUT2D eigenvalue weighted by atomic mass is 9.97. The minimum absolute atomic E-state index is 0.105. The first-order valence-corrected chi connectivity index (χ1v) is 9.00. The molecule has 0 fully saturated rings. The fourth-order valence-corrected chi connectivity index (χ4v) is 3.08. The van der Waals surface area contributed by atoms with Crippen LogP contribution in [0.2, 0.25) is 0 Å². The quantitative estimate of drug-likeness (QED) is 0.669. The van der Waals surface area contributed by atoms with Gasteiger partial charge in [-0.05, 0) is 45.0 Å². The Morgan fingerprint density at radius 2 is 1.68 bits per heavy atom. The minimum Gasteiger partial charge on any atom is -0.491 e. The van der Waals surface area contributed by atoms with Crippen molar-refractivity contribution in [3.05, 3.63) is 97.3 Å². The molecule has 0 radical (unpaired) electrons. The molecule has 0 aliphatic carbocycles. The molecule has 0 bridgehead atoms. The second kappa shape index (κ2) is 8.08. The second-order valence-corrected chi connectivity index (χ2v) is 6.86. The summed E-state index contributed by atoms with van der Waals surface area (Å²) in [6, 6.07) is 12.5. The van der Waals surface area contributed by atoms with Gasteiger partial charge in [0.1, 0.15) is 12.4 Å². The molecule has 0 amide bonds. The maximum atomic E-state index is 13.1. The van der Waals surface area contributed by atoms with E-state index in [0.29, 0.717) is 16.9 Å². The highest BCUT2D eigenvalue weighted by atomic mass is 16.5. The Kier molecular flexibility index (Phi) is 5.59. The van der Waals surface area contributed by atoms with E-state index in [0.717, 1.165) is 16.7 Å². The summed E-state index contributed by atoms with van der Waals surface area (Å²) >= 11 is 0. The molecule has 1 N–H and O–H groups in total. The zero-order chi connectivity index (χ0) is 20.3. The summed E-state index contributed by atoms with van der Waals surface area (Å²) in [4.78, 5) is 38.2. The predicted molar refractivity (Wildman–Crippen MR) is 107 cm³/mol. The molecule has 6 heteroatoms. The number of ether oxygens (including phenoxy) is 1. The average Bonchev–Trinajstić information content (AvgIpc) is 2.63. The summed E-state index contributed by atoms with van der Waals surface area (Å²) in [5.41, 5.74) is 3.17. The zero-order valence-electron chi connectivity index (χ0n) is 16.1. The van der Waals surface area contributed by atoms with Crippen LogP contribution in [0.25, 0.3) is 0 Å². The van der Waals surface area contributed by atoms with Gasteiger partial charge in [0, 0.05) is 17.8 Å². The van der Waals surface area contributed by atoms with Gasteiger partial charge in [0.05, 0.1) is 12.1 Å². The lowest BCUT2D eigenvalue weighted by molar-refractivity contribution is 0.103. The van der Waals surface area contributed by atoms with Gasteiger partial charge in [-0.25, -0.2) is 4.79 Å². The van der Waals surface area contributed by atoms with Gasteiger partial charge in [-0.2, -0.15) is 0 Å². The number of aryl methyl sites for hydroxylation is 3. The van der Waals surface area contributed by atoms with E-state index in [-0.39, 0.29) is 18.9 Å². The van der Waals surface area contributed by atoms with Crippen LogP contribution in [-0.2, 0) is 6.54 Å². The number of aromatic nitrogens is 2.